The van der Waals surface area contributed by atoms with E-state index in [1.807, 2.05) is 39.3 Å². The fourth-order valence-electron chi connectivity index (χ4n) is 3.46. The van der Waals surface area contributed by atoms with Crippen molar-refractivity contribution in [2.75, 3.05) is 21.1 Å². The lowest BCUT2D eigenvalue weighted by Gasteiger charge is -2.36. The van der Waals surface area contributed by atoms with E-state index in [1.165, 1.54) is 31.2 Å². The number of carboxylic acid groups (broad SMARTS) is 1. The molecule has 0 saturated carbocycles. The molecule has 1 aromatic rings. The van der Waals surface area contributed by atoms with Crippen LogP contribution in [0.15, 0.2) is 30.3 Å². The zero-order valence-corrected chi connectivity index (χ0v) is 15.3. The predicted octanol–water partition coefficient (Wildman–Crippen LogP) is 4.37. The van der Waals surface area contributed by atoms with Gasteiger partial charge in [-0.05, 0) is 18.4 Å². The summed E-state index contributed by atoms with van der Waals surface area (Å²) in [5.74, 6) is -0.497. The third-order valence-corrected chi connectivity index (χ3v) is 4.55. The van der Waals surface area contributed by atoms with Crippen molar-refractivity contribution >= 4 is 5.97 Å². The van der Waals surface area contributed by atoms with Gasteiger partial charge in [0, 0.05) is 5.92 Å². The largest absolute Gasteiger partial charge is 0.477 e. The molecule has 0 bridgehead atoms. The molecule has 1 aromatic carbocycles. The van der Waals surface area contributed by atoms with Gasteiger partial charge in [0.2, 0.25) is 0 Å². The number of hydrogen-bond donors (Lipinski definition) is 1. The van der Waals surface area contributed by atoms with E-state index in [-0.39, 0.29) is 12.0 Å². The molecule has 1 rings (SSSR count). The Bertz CT molecular complexity index is 450. The van der Waals surface area contributed by atoms with E-state index >= 15 is 0 Å². The van der Waals surface area contributed by atoms with Crippen molar-refractivity contribution in [2.24, 2.45) is 5.92 Å². The van der Waals surface area contributed by atoms with Crippen molar-refractivity contribution < 1.29 is 14.4 Å². The second-order valence-corrected chi connectivity index (χ2v) is 7.55. The number of nitrogens with zero attached hydrogens (tertiary/aromatic N) is 1. The molecule has 23 heavy (non-hydrogen) atoms. The highest BCUT2D eigenvalue weighted by molar-refractivity contribution is 5.72. The van der Waals surface area contributed by atoms with Gasteiger partial charge in [-0.3, -0.25) is 0 Å². The van der Waals surface area contributed by atoms with Crippen LogP contribution in [0, 0.1) is 5.92 Å². The van der Waals surface area contributed by atoms with Crippen LogP contribution in [0.2, 0.25) is 0 Å². The molecule has 0 saturated heterocycles. The third-order valence-electron chi connectivity index (χ3n) is 4.55. The number of rotatable bonds is 11. The Morgan fingerprint density at radius 1 is 1.04 bits per heavy atom. The normalized spacial score (nSPS) is 14.4. The van der Waals surface area contributed by atoms with Crippen molar-refractivity contribution in [3.8, 4) is 0 Å². The van der Waals surface area contributed by atoms with E-state index in [0.717, 1.165) is 19.3 Å². The van der Waals surface area contributed by atoms with Crippen LogP contribution in [-0.2, 0) is 11.2 Å². The molecule has 2 unspecified atom stereocenters. The van der Waals surface area contributed by atoms with Crippen molar-refractivity contribution in [3.63, 3.8) is 0 Å². The minimum absolute atomic E-state index is 0.177. The first-order valence-corrected chi connectivity index (χ1v) is 8.94. The SMILES string of the molecule is CCCCCCCC(Cc1ccccc1)C(C(=O)O)[N+](C)(C)C. The van der Waals surface area contributed by atoms with Crippen molar-refractivity contribution in [2.45, 2.75) is 57.9 Å². The fraction of sp³-hybridized carbons (Fsp3) is 0.650. The van der Waals surface area contributed by atoms with Crippen LogP contribution < -0.4 is 0 Å². The first-order valence-electron chi connectivity index (χ1n) is 8.94. The molecule has 3 heteroatoms. The molecule has 130 valence electrons. The number of unbranched alkanes of at least 4 members (excludes halogenated alkanes) is 4. The highest BCUT2D eigenvalue weighted by Crippen LogP contribution is 2.25. The monoisotopic (exact) mass is 320 g/mol. The molecular formula is C20H34NO2+. The van der Waals surface area contributed by atoms with Crippen LogP contribution in [-0.4, -0.2) is 42.7 Å². The molecule has 0 aliphatic rings. The summed E-state index contributed by atoms with van der Waals surface area (Å²) in [6, 6.07) is 9.95. The molecule has 0 aliphatic heterocycles. The Kier molecular flexibility index (Phi) is 8.32. The van der Waals surface area contributed by atoms with Gasteiger partial charge in [-0.1, -0.05) is 69.4 Å². The summed E-state index contributed by atoms with van der Waals surface area (Å²) in [4.78, 5) is 11.9. The minimum Gasteiger partial charge on any atom is -0.477 e. The lowest BCUT2D eigenvalue weighted by Crippen LogP contribution is -2.54. The van der Waals surface area contributed by atoms with E-state index in [1.54, 1.807) is 0 Å². The molecule has 0 aromatic heterocycles. The van der Waals surface area contributed by atoms with E-state index in [9.17, 15) is 9.90 Å². The summed E-state index contributed by atoms with van der Waals surface area (Å²) < 4.78 is 0.474. The molecule has 1 N–H and O–H groups in total. The molecule has 0 radical (unpaired) electrons. The Hall–Kier alpha value is -1.35. The van der Waals surface area contributed by atoms with E-state index in [2.05, 4.69) is 19.1 Å². The molecule has 0 amide bonds. The van der Waals surface area contributed by atoms with Crippen LogP contribution in [0.5, 0.6) is 0 Å². The lowest BCUT2D eigenvalue weighted by molar-refractivity contribution is -0.891. The Morgan fingerprint density at radius 3 is 2.17 bits per heavy atom. The summed E-state index contributed by atoms with van der Waals surface area (Å²) >= 11 is 0. The number of carboxylic acids is 1. The number of carbonyl (C=O) groups is 1. The summed E-state index contributed by atoms with van der Waals surface area (Å²) in [6.07, 6.45) is 7.96. The summed E-state index contributed by atoms with van der Waals surface area (Å²) in [7, 11) is 5.98. The van der Waals surface area contributed by atoms with Gasteiger partial charge in [0.25, 0.3) is 0 Å². The van der Waals surface area contributed by atoms with Crippen LogP contribution in [0.3, 0.4) is 0 Å². The maximum atomic E-state index is 11.9. The lowest BCUT2D eigenvalue weighted by atomic mass is 9.86. The van der Waals surface area contributed by atoms with Gasteiger partial charge in [-0.15, -0.1) is 0 Å². The van der Waals surface area contributed by atoms with E-state index in [0.29, 0.717) is 4.48 Å². The summed E-state index contributed by atoms with van der Waals surface area (Å²) in [5.41, 5.74) is 1.24. The van der Waals surface area contributed by atoms with Crippen molar-refractivity contribution in [1.82, 2.24) is 0 Å². The molecule has 0 fully saturated rings. The first-order chi connectivity index (χ1) is 10.9. The molecular weight excluding hydrogens is 286 g/mol. The standard InChI is InChI=1S/C20H33NO2/c1-5-6-7-8-12-15-18(16-17-13-10-9-11-14-17)19(20(22)23)21(2,3)4/h9-11,13-14,18-19H,5-8,12,15-16H2,1-4H3/p+1. The first kappa shape index (κ1) is 19.7. The summed E-state index contributed by atoms with van der Waals surface area (Å²) in [6.45, 7) is 2.22. The minimum atomic E-state index is -0.674. The second kappa shape index (κ2) is 9.71. The van der Waals surface area contributed by atoms with Gasteiger partial charge < -0.3 is 9.59 Å². The van der Waals surface area contributed by atoms with Gasteiger partial charge in [0.1, 0.15) is 0 Å². The average Bonchev–Trinajstić information content (AvgIpc) is 2.46. The van der Waals surface area contributed by atoms with Crippen LogP contribution in [0.1, 0.15) is 51.0 Å². The second-order valence-electron chi connectivity index (χ2n) is 7.55. The van der Waals surface area contributed by atoms with Crippen LogP contribution in [0.4, 0.5) is 0 Å². The molecule has 0 heterocycles. The highest BCUT2D eigenvalue weighted by atomic mass is 16.4. The third kappa shape index (κ3) is 7.17. The molecule has 2 atom stereocenters. The van der Waals surface area contributed by atoms with Gasteiger partial charge in [0.05, 0.1) is 21.1 Å². The highest BCUT2D eigenvalue weighted by Gasteiger charge is 2.38. The van der Waals surface area contributed by atoms with E-state index < -0.39 is 5.97 Å². The Labute approximate surface area is 141 Å². The smallest absolute Gasteiger partial charge is 0.362 e. The maximum absolute atomic E-state index is 11.9. The van der Waals surface area contributed by atoms with Crippen LogP contribution in [0.25, 0.3) is 0 Å². The maximum Gasteiger partial charge on any atom is 0.362 e. The number of quaternary nitrogens is 1. The zero-order valence-electron chi connectivity index (χ0n) is 15.3. The quantitative estimate of drug-likeness (QED) is 0.486. The Morgan fingerprint density at radius 2 is 1.65 bits per heavy atom. The fourth-order valence-corrected chi connectivity index (χ4v) is 3.46. The van der Waals surface area contributed by atoms with Gasteiger partial charge >= 0.3 is 5.97 Å². The predicted molar refractivity (Wildman–Crippen MR) is 96.5 cm³/mol. The van der Waals surface area contributed by atoms with Crippen molar-refractivity contribution in [1.29, 1.82) is 0 Å². The topological polar surface area (TPSA) is 37.3 Å². The van der Waals surface area contributed by atoms with Gasteiger partial charge in [-0.2, -0.15) is 0 Å². The van der Waals surface area contributed by atoms with Crippen LogP contribution >= 0.6 is 0 Å². The number of likely N-dealkylation sites (N-methyl/N-ethyl adjacent to an activating group) is 1. The van der Waals surface area contributed by atoms with Gasteiger partial charge in [0.15, 0.2) is 6.04 Å². The molecule has 0 aliphatic carbocycles. The molecule has 3 nitrogen and oxygen atoms in total. The number of hydrogen-bond acceptors (Lipinski definition) is 1. The molecule has 0 spiro atoms. The number of benzene rings is 1. The van der Waals surface area contributed by atoms with E-state index in [4.69, 9.17) is 0 Å². The number of aliphatic carboxylic acids is 1. The summed E-state index contributed by atoms with van der Waals surface area (Å²) in [5, 5.41) is 9.78. The van der Waals surface area contributed by atoms with Crippen molar-refractivity contribution in [3.05, 3.63) is 35.9 Å². The average molecular weight is 320 g/mol. The Balaban J connectivity index is 2.79. The van der Waals surface area contributed by atoms with Gasteiger partial charge in [-0.25, -0.2) is 4.79 Å². The zero-order chi connectivity index (χ0) is 17.3.